The van der Waals surface area contributed by atoms with Crippen LogP contribution in [-0.2, 0) is 0 Å². The smallest absolute Gasteiger partial charge is 0.115 e. The van der Waals surface area contributed by atoms with Crippen LogP contribution in [0.5, 0.6) is 5.75 Å². The van der Waals surface area contributed by atoms with Gasteiger partial charge >= 0.3 is 0 Å². The third-order valence-electron chi connectivity index (χ3n) is 2.80. The Balaban J connectivity index is 2.11. The Kier molecular flexibility index (Phi) is 3.33. The van der Waals surface area contributed by atoms with Gasteiger partial charge in [-0.25, -0.2) is 0 Å². The molecule has 1 unspecified atom stereocenters. The van der Waals surface area contributed by atoms with Gasteiger partial charge in [0.1, 0.15) is 5.75 Å². The summed E-state index contributed by atoms with van der Waals surface area (Å²) in [5.74, 6) is 0.306. The zero-order chi connectivity index (χ0) is 12.3. The number of hydrogen-bond acceptors (Lipinski definition) is 2. The number of hydrogen-bond donors (Lipinski definition) is 2. The van der Waals surface area contributed by atoms with Crippen LogP contribution in [0.3, 0.4) is 0 Å². The van der Waals surface area contributed by atoms with Gasteiger partial charge in [-0.1, -0.05) is 29.8 Å². The number of benzene rings is 2. The van der Waals surface area contributed by atoms with Crippen LogP contribution in [0, 0.1) is 6.92 Å². The summed E-state index contributed by atoms with van der Waals surface area (Å²) >= 11 is 0. The van der Waals surface area contributed by atoms with Crippen LogP contribution < -0.4 is 5.32 Å². The molecule has 0 heterocycles. The van der Waals surface area contributed by atoms with Gasteiger partial charge in [0.15, 0.2) is 0 Å². The van der Waals surface area contributed by atoms with Gasteiger partial charge in [-0.2, -0.15) is 0 Å². The molecule has 0 fully saturated rings. The van der Waals surface area contributed by atoms with Crippen molar-refractivity contribution in [1.29, 1.82) is 0 Å². The van der Waals surface area contributed by atoms with Crippen molar-refractivity contribution in [2.75, 3.05) is 5.32 Å². The molecule has 2 rings (SSSR count). The Bertz CT molecular complexity index is 491. The minimum atomic E-state index is 0.171. The molecule has 1 atom stereocenters. The second kappa shape index (κ2) is 4.91. The van der Waals surface area contributed by atoms with E-state index in [1.165, 1.54) is 5.56 Å². The first-order valence-corrected chi connectivity index (χ1v) is 5.77. The monoisotopic (exact) mass is 227 g/mol. The van der Waals surface area contributed by atoms with Crippen LogP contribution in [0.25, 0.3) is 0 Å². The third kappa shape index (κ3) is 3.00. The van der Waals surface area contributed by atoms with Gasteiger partial charge in [-0.05, 0) is 43.7 Å². The van der Waals surface area contributed by atoms with Crippen molar-refractivity contribution in [3.05, 3.63) is 59.7 Å². The van der Waals surface area contributed by atoms with Gasteiger partial charge in [0, 0.05) is 11.7 Å². The van der Waals surface area contributed by atoms with Crippen molar-refractivity contribution in [2.45, 2.75) is 19.9 Å². The molecule has 0 saturated carbocycles. The van der Waals surface area contributed by atoms with Gasteiger partial charge in [-0.3, -0.25) is 0 Å². The fraction of sp³-hybridized carbons (Fsp3) is 0.200. The minimum absolute atomic E-state index is 0.171. The van der Waals surface area contributed by atoms with Crippen LogP contribution in [-0.4, -0.2) is 5.11 Å². The Morgan fingerprint density at radius 2 is 1.76 bits per heavy atom. The first-order valence-electron chi connectivity index (χ1n) is 5.77. The van der Waals surface area contributed by atoms with Crippen LogP contribution in [0.1, 0.15) is 24.1 Å². The highest BCUT2D eigenvalue weighted by Crippen LogP contribution is 2.22. The van der Waals surface area contributed by atoms with E-state index in [0.29, 0.717) is 5.75 Å². The average molecular weight is 227 g/mol. The summed E-state index contributed by atoms with van der Waals surface area (Å²) < 4.78 is 0. The van der Waals surface area contributed by atoms with Crippen molar-refractivity contribution in [3.8, 4) is 5.75 Å². The Morgan fingerprint density at radius 1 is 1.06 bits per heavy atom. The highest BCUT2D eigenvalue weighted by Gasteiger charge is 2.05. The van der Waals surface area contributed by atoms with Crippen LogP contribution >= 0.6 is 0 Å². The Hall–Kier alpha value is -1.96. The molecule has 0 aliphatic rings. The molecule has 2 N–H and O–H groups in total. The number of nitrogens with one attached hydrogen (secondary N) is 1. The zero-order valence-electron chi connectivity index (χ0n) is 10.1. The summed E-state index contributed by atoms with van der Waals surface area (Å²) in [6, 6.07) is 15.8. The first kappa shape index (κ1) is 11.5. The predicted molar refractivity (Wildman–Crippen MR) is 71.3 cm³/mol. The van der Waals surface area contributed by atoms with Crippen LogP contribution in [0.2, 0.25) is 0 Å². The topological polar surface area (TPSA) is 32.3 Å². The average Bonchev–Trinajstić information content (AvgIpc) is 2.32. The highest BCUT2D eigenvalue weighted by molar-refractivity contribution is 5.47. The van der Waals surface area contributed by atoms with Crippen molar-refractivity contribution in [1.82, 2.24) is 0 Å². The van der Waals surface area contributed by atoms with E-state index >= 15 is 0 Å². The Labute approximate surface area is 102 Å². The lowest BCUT2D eigenvalue weighted by Gasteiger charge is -2.16. The van der Waals surface area contributed by atoms with E-state index in [4.69, 9.17) is 0 Å². The molecule has 0 aliphatic heterocycles. The summed E-state index contributed by atoms with van der Waals surface area (Å²) in [5.41, 5.74) is 3.41. The molecule has 17 heavy (non-hydrogen) atoms. The molecule has 88 valence electrons. The molecule has 0 amide bonds. The third-order valence-corrected chi connectivity index (χ3v) is 2.80. The van der Waals surface area contributed by atoms with Gasteiger partial charge in [0.05, 0.1) is 0 Å². The van der Waals surface area contributed by atoms with Crippen LogP contribution in [0.15, 0.2) is 48.5 Å². The molecule has 0 bridgehead atoms. The molecule has 2 aromatic carbocycles. The number of phenols is 1. The number of rotatable bonds is 3. The summed E-state index contributed by atoms with van der Waals surface area (Å²) in [6.07, 6.45) is 0. The van der Waals surface area contributed by atoms with E-state index in [1.54, 1.807) is 12.1 Å². The van der Waals surface area contributed by atoms with Crippen molar-refractivity contribution >= 4 is 5.69 Å². The standard InChI is InChI=1S/C15H17NO/c1-11-6-8-14(9-7-11)16-12(2)13-4-3-5-15(17)10-13/h3-10,12,16-17H,1-2H3. The van der Waals surface area contributed by atoms with E-state index < -0.39 is 0 Å². The largest absolute Gasteiger partial charge is 0.508 e. The molecule has 0 spiro atoms. The predicted octanol–water partition coefficient (Wildman–Crippen LogP) is 3.87. The number of aromatic hydroxyl groups is 1. The van der Waals surface area contributed by atoms with E-state index in [2.05, 4.69) is 43.4 Å². The van der Waals surface area contributed by atoms with Crippen molar-refractivity contribution in [3.63, 3.8) is 0 Å². The van der Waals surface area contributed by atoms with Crippen molar-refractivity contribution < 1.29 is 5.11 Å². The maximum Gasteiger partial charge on any atom is 0.115 e. The van der Waals surface area contributed by atoms with E-state index in [9.17, 15) is 5.11 Å². The summed E-state index contributed by atoms with van der Waals surface area (Å²) in [4.78, 5) is 0. The molecule has 0 saturated heterocycles. The zero-order valence-corrected chi connectivity index (χ0v) is 10.1. The number of anilines is 1. The molecular formula is C15H17NO. The van der Waals surface area contributed by atoms with Gasteiger partial charge < -0.3 is 10.4 Å². The number of phenolic OH excluding ortho intramolecular Hbond substituents is 1. The summed E-state index contributed by atoms with van der Waals surface area (Å²) in [7, 11) is 0. The van der Waals surface area contributed by atoms with Crippen molar-refractivity contribution in [2.24, 2.45) is 0 Å². The lowest BCUT2D eigenvalue weighted by molar-refractivity contribution is 0.474. The molecule has 0 aromatic heterocycles. The Morgan fingerprint density at radius 3 is 2.41 bits per heavy atom. The molecule has 0 radical (unpaired) electrons. The fourth-order valence-corrected chi connectivity index (χ4v) is 1.78. The molecule has 0 aliphatic carbocycles. The maximum atomic E-state index is 9.44. The van der Waals surface area contributed by atoms with Gasteiger partial charge in [-0.15, -0.1) is 0 Å². The fourth-order valence-electron chi connectivity index (χ4n) is 1.78. The second-order valence-electron chi connectivity index (χ2n) is 4.33. The molecule has 2 aromatic rings. The van der Waals surface area contributed by atoms with Gasteiger partial charge in [0.25, 0.3) is 0 Å². The lowest BCUT2D eigenvalue weighted by atomic mass is 10.1. The molecular weight excluding hydrogens is 210 g/mol. The summed E-state index contributed by atoms with van der Waals surface area (Å²) in [5, 5.41) is 12.8. The quantitative estimate of drug-likeness (QED) is 0.834. The second-order valence-corrected chi connectivity index (χ2v) is 4.33. The van der Waals surface area contributed by atoms with E-state index in [-0.39, 0.29) is 6.04 Å². The minimum Gasteiger partial charge on any atom is -0.508 e. The molecule has 2 heteroatoms. The normalized spacial score (nSPS) is 12.1. The van der Waals surface area contributed by atoms with E-state index in [1.807, 2.05) is 12.1 Å². The van der Waals surface area contributed by atoms with Crippen LogP contribution in [0.4, 0.5) is 5.69 Å². The molecule has 2 nitrogen and oxygen atoms in total. The van der Waals surface area contributed by atoms with E-state index in [0.717, 1.165) is 11.3 Å². The first-order chi connectivity index (χ1) is 8.15. The highest BCUT2D eigenvalue weighted by atomic mass is 16.3. The lowest BCUT2D eigenvalue weighted by Crippen LogP contribution is -2.06. The maximum absolute atomic E-state index is 9.44. The van der Waals surface area contributed by atoms with Gasteiger partial charge in [0.2, 0.25) is 0 Å². The number of aryl methyl sites for hydroxylation is 1. The summed E-state index contributed by atoms with van der Waals surface area (Å²) in [6.45, 7) is 4.15. The SMILES string of the molecule is Cc1ccc(NC(C)c2cccc(O)c2)cc1.